The van der Waals surface area contributed by atoms with Crippen LogP contribution in [0.15, 0.2) is 82.7 Å². The molecule has 4 rings (SSSR count). The average molecular weight is 604 g/mol. The van der Waals surface area contributed by atoms with Crippen molar-refractivity contribution in [2.45, 2.75) is 44.7 Å². The van der Waals surface area contributed by atoms with Crippen molar-refractivity contribution >= 4 is 50.3 Å². The number of aliphatic imine (C=N–C) groups is 1. The van der Waals surface area contributed by atoms with Crippen molar-refractivity contribution in [3.8, 4) is 5.75 Å². The van der Waals surface area contributed by atoms with Crippen LogP contribution in [0.5, 0.6) is 5.75 Å². The van der Waals surface area contributed by atoms with Crippen LogP contribution in [-0.2, 0) is 21.4 Å². The van der Waals surface area contributed by atoms with E-state index in [0.717, 1.165) is 47.9 Å². The number of carbonyl (C=O) groups is 1. The van der Waals surface area contributed by atoms with Crippen LogP contribution < -0.4 is 14.8 Å². The number of halogens is 3. The van der Waals surface area contributed by atoms with Gasteiger partial charge in [0, 0.05) is 5.69 Å². The van der Waals surface area contributed by atoms with Crippen LogP contribution in [0.4, 0.5) is 24.5 Å². The van der Waals surface area contributed by atoms with Crippen molar-refractivity contribution in [3.63, 3.8) is 0 Å². The van der Waals surface area contributed by atoms with Crippen LogP contribution in [0.3, 0.4) is 0 Å². The molecular weight excluding hydrogens is 575 g/mol. The van der Waals surface area contributed by atoms with Crippen LogP contribution in [0.2, 0.25) is 0 Å². The molecule has 41 heavy (non-hydrogen) atoms. The molecule has 1 aliphatic heterocycles. The molecule has 0 saturated carbocycles. The van der Waals surface area contributed by atoms with Crippen molar-refractivity contribution in [2.75, 3.05) is 4.72 Å². The first-order valence-electron chi connectivity index (χ1n) is 12.8. The summed E-state index contributed by atoms with van der Waals surface area (Å²) in [7, 11) is -5.52. The molecule has 0 atom stereocenters. The number of alkyl halides is 3. The van der Waals surface area contributed by atoms with E-state index in [1.807, 2.05) is 24.3 Å². The fraction of sp³-hybridized carbons (Fsp3) is 0.241. The van der Waals surface area contributed by atoms with E-state index >= 15 is 0 Å². The number of thioether (sulfide) groups is 1. The summed E-state index contributed by atoms with van der Waals surface area (Å²) in [5, 5.41) is 2.91. The minimum atomic E-state index is -5.52. The molecule has 0 aromatic heterocycles. The Labute approximate surface area is 241 Å². The zero-order valence-electron chi connectivity index (χ0n) is 22.2. The van der Waals surface area contributed by atoms with Crippen molar-refractivity contribution in [1.29, 1.82) is 0 Å². The highest BCUT2D eigenvalue weighted by Gasteiger charge is 2.46. The number of carbonyl (C=O) groups excluding carboxylic acids is 1. The molecule has 1 heterocycles. The number of anilines is 1. The van der Waals surface area contributed by atoms with E-state index in [9.17, 15) is 26.4 Å². The highest BCUT2D eigenvalue weighted by molar-refractivity contribution is 8.18. The van der Waals surface area contributed by atoms with E-state index in [-0.39, 0.29) is 16.8 Å². The number of ether oxygens (including phenoxy) is 1. The zero-order valence-corrected chi connectivity index (χ0v) is 23.9. The second-order valence-electron chi connectivity index (χ2n) is 9.19. The normalized spacial score (nSPS) is 15.9. The highest BCUT2D eigenvalue weighted by Crippen LogP contribution is 2.30. The minimum absolute atomic E-state index is 0.266. The van der Waals surface area contributed by atoms with Crippen LogP contribution in [0.25, 0.3) is 6.08 Å². The maximum absolute atomic E-state index is 12.5. The Morgan fingerprint density at radius 1 is 0.976 bits per heavy atom. The van der Waals surface area contributed by atoms with Gasteiger partial charge >= 0.3 is 15.5 Å². The molecule has 1 fully saturated rings. The van der Waals surface area contributed by atoms with Gasteiger partial charge in [-0.2, -0.15) is 21.6 Å². The third-order valence-corrected chi connectivity index (χ3v) is 8.35. The second-order valence-corrected chi connectivity index (χ2v) is 11.9. The SMILES string of the molecule is CCC(CC)c1ccc(COc2ccc(/C=C3/SC(=Nc4ccc(NS(=O)(=O)C(F)(F)F)cc4)NC3=O)cc2)cc1. The summed E-state index contributed by atoms with van der Waals surface area (Å²) in [5.41, 5.74) is -2.17. The Morgan fingerprint density at radius 2 is 1.61 bits per heavy atom. The van der Waals surface area contributed by atoms with Gasteiger partial charge in [0.2, 0.25) is 0 Å². The van der Waals surface area contributed by atoms with Gasteiger partial charge in [-0.1, -0.05) is 50.2 Å². The maximum Gasteiger partial charge on any atom is 0.516 e. The summed E-state index contributed by atoms with van der Waals surface area (Å²) in [4.78, 5) is 17.1. The van der Waals surface area contributed by atoms with Gasteiger partial charge < -0.3 is 10.1 Å². The monoisotopic (exact) mass is 603 g/mol. The molecule has 1 amide bonds. The average Bonchev–Trinajstić information content (AvgIpc) is 3.28. The standard InChI is InChI=1S/C29H28F3N3O4S2/c1-3-21(4-2)22-9-5-20(6-10-22)18-39-25-15-7-19(8-16-25)17-26-27(36)34-28(40-26)33-23-11-13-24(14-12-23)35-41(37,38)29(30,31)32/h5-17,21,35H,3-4,18H2,1-2H3,(H,33,34,36)/b26-17+. The lowest BCUT2D eigenvalue weighted by atomic mass is 9.93. The summed E-state index contributed by atoms with van der Waals surface area (Å²) in [6, 6.07) is 20.8. The number of nitrogens with zero attached hydrogens (tertiary/aromatic N) is 1. The van der Waals surface area contributed by atoms with Gasteiger partial charge in [-0.3, -0.25) is 9.52 Å². The van der Waals surface area contributed by atoms with Crippen LogP contribution in [0.1, 0.15) is 49.3 Å². The molecule has 1 saturated heterocycles. The van der Waals surface area contributed by atoms with Crippen molar-refractivity contribution < 1.29 is 31.1 Å². The summed E-state index contributed by atoms with van der Waals surface area (Å²) in [6.45, 7) is 4.83. The minimum Gasteiger partial charge on any atom is -0.489 e. The lowest BCUT2D eigenvalue weighted by Gasteiger charge is -2.13. The van der Waals surface area contributed by atoms with E-state index in [1.54, 1.807) is 6.08 Å². The summed E-state index contributed by atoms with van der Waals surface area (Å²) >= 11 is 1.10. The van der Waals surface area contributed by atoms with Crippen molar-refractivity contribution in [1.82, 2.24) is 5.32 Å². The number of amides is 1. The number of hydrogen-bond donors (Lipinski definition) is 2. The first kappa shape index (κ1) is 30.2. The fourth-order valence-electron chi connectivity index (χ4n) is 4.04. The molecule has 0 radical (unpaired) electrons. The lowest BCUT2D eigenvalue weighted by molar-refractivity contribution is -0.115. The van der Waals surface area contributed by atoms with Gasteiger partial charge in [-0.05, 0) is 89.7 Å². The van der Waals surface area contributed by atoms with Crippen LogP contribution >= 0.6 is 11.8 Å². The number of rotatable bonds is 10. The van der Waals surface area contributed by atoms with Gasteiger partial charge in [0.1, 0.15) is 12.4 Å². The highest BCUT2D eigenvalue weighted by atomic mass is 32.2. The van der Waals surface area contributed by atoms with Crippen molar-refractivity contribution in [2.24, 2.45) is 4.99 Å². The smallest absolute Gasteiger partial charge is 0.489 e. The van der Waals surface area contributed by atoms with Gasteiger partial charge in [0.05, 0.1) is 10.6 Å². The van der Waals surface area contributed by atoms with E-state index in [1.165, 1.54) is 22.4 Å². The summed E-state index contributed by atoms with van der Waals surface area (Å²) in [6.07, 6.45) is 3.93. The molecule has 3 aromatic rings. The van der Waals surface area contributed by atoms with Crippen LogP contribution in [-0.4, -0.2) is 25.0 Å². The number of nitrogens with one attached hydrogen (secondary N) is 2. The summed E-state index contributed by atoms with van der Waals surface area (Å²) < 4.78 is 67.5. The Balaban J connectivity index is 1.34. The quantitative estimate of drug-likeness (QED) is 0.237. The molecule has 0 bridgehead atoms. The lowest BCUT2D eigenvalue weighted by Crippen LogP contribution is -2.29. The number of hydrogen-bond acceptors (Lipinski definition) is 6. The zero-order chi connectivity index (χ0) is 29.6. The molecule has 216 valence electrons. The predicted octanol–water partition coefficient (Wildman–Crippen LogP) is 7.32. The van der Waals surface area contributed by atoms with E-state index < -0.39 is 15.5 Å². The number of benzene rings is 3. The van der Waals surface area contributed by atoms with Gasteiger partial charge in [0.15, 0.2) is 5.17 Å². The van der Waals surface area contributed by atoms with Gasteiger partial charge in [0.25, 0.3) is 5.91 Å². The number of amidine groups is 1. The molecule has 7 nitrogen and oxygen atoms in total. The van der Waals surface area contributed by atoms with Gasteiger partial charge in [-0.15, -0.1) is 0 Å². The van der Waals surface area contributed by atoms with Crippen LogP contribution in [0, 0.1) is 0 Å². The Kier molecular flexibility index (Phi) is 9.44. The van der Waals surface area contributed by atoms with E-state index in [4.69, 9.17) is 4.74 Å². The second kappa shape index (κ2) is 12.8. The first-order valence-corrected chi connectivity index (χ1v) is 15.1. The van der Waals surface area contributed by atoms with Crippen molar-refractivity contribution in [3.05, 3.63) is 94.4 Å². The first-order chi connectivity index (χ1) is 19.5. The molecule has 0 unspecified atom stereocenters. The van der Waals surface area contributed by atoms with E-state index in [2.05, 4.69) is 48.4 Å². The molecule has 2 N–H and O–H groups in total. The largest absolute Gasteiger partial charge is 0.516 e. The molecule has 1 aliphatic rings. The Bertz CT molecular complexity index is 1530. The van der Waals surface area contributed by atoms with E-state index in [0.29, 0.717) is 28.9 Å². The third-order valence-electron chi connectivity index (χ3n) is 6.33. The molecule has 0 aliphatic carbocycles. The molecule has 0 spiro atoms. The Hall–Kier alpha value is -3.77. The summed E-state index contributed by atoms with van der Waals surface area (Å²) in [5.74, 6) is 0.921. The Morgan fingerprint density at radius 3 is 2.20 bits per heavy atom. The molecule has 12 heteroatoms. The number of sulfonamides is 1. The maximum atomic E-state index is 12.5. The predicted molar refractivity (Wildman–Crippen MR) is 156 cm³/mol. The topological polar surface area (TPSA) is 96.9 Å². The third kappa shape index (κ3) is 7.92. The molecular formula is C29H28F3N3O4S2. The van der Waals surface area contributed by atoms with Gasteiger partial charge in [-0.25, -0.2) is 4.99 Å². The molecule has 3 aromatic carbocycles. The fourth-order valence-corrected chi connectivity index (χ4v) is 5.44.